The fraction of sp³-hybridized carbons (Fsp3) is 0.348. The number of β-amino-alcohol motifs (C(OH)–C–C–N with tert-alkyl or cyclic N) is 1. The van der Waals surface area contributed by atoms with Gasteiger partial charge in [0.1, 0.15) is 12.1 Å². The van der Waals surface area contributed by atoms with E-state index in [1.54, 1.807) is 29.2 Å². The number of carbonyl (C=O) groups excluding carboxylic acids is 1. The summed E-state index contributed by atoms with van der Waals surface area (Å²) in [5.41, 5.74) is 0.889. The number of carbonyl (C=O) groups is 1. The smallest absolute Gasteiger partial charge is 0.253 e. The number of aromatic nitrogens is 2. The van der Waals surface area contributed by atoms with Crippen LogP contribution in [0, 0.1) is 11.6 Å². The Labute approximate surface area is 194 Å². The number of nitrogens with zero attached hydrogens (tertiary/aromatic N) is 5. The highest BCUT2D eigenvalue weighted by molar-refractivity contribution is 6.30. The van der Waals surface area contributed by atoms with E-state index in [0.29, 0.717) is 60.0 Å². The number of rotatable bonds is 3. The number of likely N-dealkylation sites (tertiary alicyclic amines) is 1. The van der Waals surface area contributed by atoms with E-state index in [4.69, 9.17) is 11.6 Å². The van der Waals surface area contributed by atoms with Crippen molar-refractivity contribution in [3.8, 4) is 0 Å². The summed E-state index contributed by atoms with van der Waals surface area (Å²) in [4.78, 5) is 27.0. The molecule has 2 aliphatic heterocycles. The first kappa shape index (κ1) is 21.9. The van der Waals surface area contributed by atoms with E-state index in [9.17, 15) is 18.7 Å². The van der Waals surface area contributed by atoms with E-state index >= 15 is 0 Å². The lowest BCUT2D eigenvalue weighted by Gasteiger charge is -2.39. The molecule has 172 valence electrons. The van der Waals surface area contributed by atoms with E-state index in [0.717, 1.165) is 12.1 Å². The number of hydrogen-bond donors (Lipinski definition) is 1. The molecule has 7 nitrogen and oxygen atoms in total. The van der Waals surface area contributed by atoms with Crippen LogP contribution in [0.4, 0.5) is 14.6 Å². The standard InChI is InChI=1S/C23H22ClF2N5O2/c24-15-3-1-14(2-4-15)23(33)31-11-20(21(32)12-31)29-5-7-30(8-6-29)22-16-9-17(25)18(26)10-19(16)27-13-28-22/h1-4,9-10,13,20-21,32H,5-8,11-12H2/t20-,21-/m1/s1. The fourth-order valence-electron chi connectivity index (χ4n) is 4.62. The van der Waals surface area contributed by atoms with E-state index < -0.39 is 17.7 Å². The molecule has 10 heteroatoms. The monoisotopic (exact) mass is 473 g/mol. The third-order valence-electron chi connectivity index (χ3n) is 6.38. The SMILES string of the molecule is O=C(c1ccc(Cl)cc1)N1C[C@@H](O)[C@H](N2CCN(c3ncnc4cc(F)c(F)cc34)CC2)C1. The van der Waals surface area contributed by atoms with Crippen molar-refractivity contribution in [2.24, 2.45) is 0 Å². The highest BCUT2D eigenvalue weighted by Gasteiger charge is 2.39. The van der Waals surface area contributed by atoms with Crippen molar-refractivity contribution < 1.29 is 18.7 Å². The van der Waals surface area contributed by atoms with Gasteiger partial charge in [0.2, 0.25) is 0 Å². The van der Waals surface area contributed by atoms with Crippen molar-refractivity contribution in [1.82, 2.24) is 19.8 Å². The molecule has 2 saturated heterocycles. The molecule has 0 aliphatic carbocycles. The second-order valence-corrected chi connectivity index (χ2v) is 8.79. The van der Waals surface area contributed by atoms with E-state index in [1.807, 2.05) is 4.90 Å². The van der Waals surface area contributed by atoms with Crippen molar-refractivity contribution in [3.63, 3.8) is 0 Å². The first-order chi connectivity index (χ1) is 15.9. The van der Waals surface area contributed by atoms with Crippen LogP contribution in [-0.4, -0.2) is 82.2 Å². The molecule has 0 saturated carbocycles. The number of aliphatic hydroxyl groups is 1. The number of halogens is 3. The number of hydrogen-bond acceptors (Lipinski definition) is 6. The van der Waals surface area contributed by atoms with Crippen LogP contribution in [0.2, 0.25) is 5.02 Å². The molecule has 0 bridgehead atoms. The number of benzene rings is 2. The van der Waals surface area contributed by atoms with Gasteiger partial charge in [-0.15, -0.1) is 0 Å². The molecule has 1 aromatic heterocycles. The molecule has 2 atom stereocenters. The first-order valence-electron chi connectivity index (χ1n) is 10.7. The van der Waals surface area contributed by atoms with Gasteiger partial charge in [0, 0.05) is 61.3 Å². The molecule has 0 unspecified atom stereocenters. The zero-order chi connectivity index (χ0) is 23.1. The maximum Gasteiger partial charge on any atom is 0.253 e. The highest BCUT2D eigenvalue weighted by Crippen LogP contribution is 2.27. The Bertz CT molecular complexity index is 1190. The van der Waals surface area contributed by atoms with Gasteiger partial charge in [0.15, 0.2) is 11.6 Å². The van der Waals surface area contributed by atoms with Crippen molar-refractivity contribution in [1.29, 1.82) is 0 Å². The zero-order valence-corrected chi connectivity index (χ0v) is 18.4. The Hall–Kier alpha value is -2.88. The third kappa shape index (κ3) is 4.23. The molecule has 0 radical (unpaired) electrons. The Morgan fingerprint density at radius 1 is 1.00 bits per heavy atom. The van der Waals surface area contributed by atoms with Crippen LogP contribution in [0.15, 0.2) is 42.7 Å². The Morgan fingerprint density at radius 3 is 2.42 bits per heavy atom. The largest absolute Gasteiger partial charge is 0.390 e. The minimum Gasteiger partial charge on any atom is -0.390 e. The summed E-state index contributed by atoms with van der Waals surface area (Å²) in [6.45, 7) is 3.18. The quantitative estimate of drug-likeness (QED) is 0.630. The minimum absolute atomic E-state index is 0.131. The average molecular weight is 474 g/mol. The summed E-state index contributed by atoms with van der Waals surface area (Å²) >= 11 is 5.91. The van der Waals surface area contributed by atoms with Gasteiger partial charge in [-0.1, -0.05) is 11.6 Å². The van der Waals surface area contributed by atoms with Gasteiger partial charge < -0.3 is 14.9 Å². The Kier molecular flexibility index (Phi) is 5.86. The highest BCUT2D eigenvalue weighted by atomic mass is 35.5. The molecule has 2 aromatic carbocycles. The summed E-state index contributed by atoms with van der Waals surface area (Å²) in [6.07, 6.45) is 0.701. The van der Waals surface area contributed by atoms with Crippen LogP contribution in [0.1, 0.15) is 10.4 Å². The lowest BCUT2D eigenvalue weighted by Crippen LogP contribution is -2.54. The molecule has 3 aromatic rings. The number of fused-ring (bicyclic) bond motifs is 1. The zero-order valence-electron chi connectivity index (χ0n) is 17.7. The molecule has 0 spiro atoms. The van der Waals surface area contributed by atoms with Crippen LogP contribution in [-0.2, 0) is 0 Å². The Morgan fingerprint density at radius 2 is 1.70 bits per heavy atom. The van der Waals surface area contributed by atoms with Crippen molar-refractivity contribution in [2.45, 2.75) is 12.1 Å². The summed E-state index contributed by atoms with van der Waals surface area (Å²) in [5.74, 6) is -1.44. The maximum absolute atomic E-state index is 13.8. The maximum atomic E-state index is 13.8. The number of amides is 1. The van der Waals surface area contributed by atoms with Crippen molar-refractivity contribution in [2.75, 3.05) is 44.2 Å². The van der Waals surface area contributed by atoms with Gasteiger partial charge in [-0.2, -0.15) is 0 Å². The molecule has 2 fully saturated rings. The van der Waals surface area contributed by atoms with Crippen LogP contribution >= 0.6 is 11.6 Å². The minimum atomic E-state index is -0.940. The molecular weight excluding hydrogens is 452 g/mol. The Balaban J connectivity index is 1.26. The summed E-state index contributed by atoms with van der Waals surface area (Å²) in [5, 5.41) is 11.7. The van der Waals surface area contributed by atoms with E-state index in [2.05, 4.69) is 14.9 Å². The molecule has 1 amide bonds. The van der Waals surface area contributed by atoms with Crippen molar-refractivity contribution >= 4 is 34.2 Å². The number of anilines is 1. The van der Waals surface area contributed by atoms with Gasteiger partial charge in [0.05, 0.1) is 17.7 Å². The van der Waals surface area contributed by atoms with Gasteiger partial charge in [-0.25, -0.2) is 18.7 Å². The summed E-state index contributed by atoms with van der Waals surface area (Å²) in [6, 6.07) is 8.76. The first-order valence-corrected chi connectivity index (χ1v) is 11.1. The normalized spacial score (nSPS) is 21.7. The predicted molar refractivity (Wildman–Crippen MR) is 120 cm³/mol. The van der Waals surface area contributed by atoms with Gasteiger partial charge in [-0.05, 0) is 30.3 Å². The van der Waals surface area contributed by atoms with Crippen LogP contribution in [0.25, 0.3) is 10.9 Å². The number of aliphatic hydroxyl groups excluding tert-OH is 1. The molecule has 3 heterocycles. The third-order valence-corrected chi connectivity index (χ3v) is 6.63. The average Bonchev–Trinajstić information content (AvgIpc) is 3.21. The molecular formula is C23H22ClF2N5O2. The van der Waals surface area contributed by atoms with Crippen LogP contribution in [0.5, 0.6) is 0 Å². The topological polar surface area (TPSA) is 72.8 Å². The van der Waals surface area contributed by atoms with E-state index in [1.165, 1.54) is 6.33 Å². The molecule has 1 N–H and O–H groups in total. The summed E-state index contributed by atoms with van der Waals surface area (Å²) in [7, 11) is 0. The lowest BCUT2D eigenvalue weighted by atomic mass is 10.1. The van der Waals surface area contributed by atoms with Gasteiger partial charge in [0.25, 0.3) is 5.91 Å². The number of piperazine rings is 1. The lowest BCUT2D eigenvalue weighted by molar-refractivity contribution is 0.0754. The van der Waals surface area contributed by atoms with Crippen molar-refractivity contribution in [3.05, 3.63) is 64.9 Å². The van der Waals surface area contributed by atoms with Gasteiger partial charge >= 0.3 is 0 Å². The summed E-state index contributed by atoms with van der Waals surface area (Å²) < 4.78 is 27.4. The molecule has 33 heavy (non-hydrogen) atoms. The van der Waals surface area contributed by atoms with E-state index in [-0.39, 0.29) is 18.5 Å². The molecule has 2 aliphatic rings. The second-order valence-electron chi connectivity index (χ2n) is 8.36. The second kappa shape index (κ2) is 8.81. The van der Waals surface area contributed by atoms with Crippen LogP contribution < -0.4 is 4.90 Å². The molecule has 5 rings (SSSR count). The van der Waals surface area contributed by atoms with Gasteiger partial charge in [-0.3, -0.25) is 9.69 Å². The fourth-order valence-corrected chi connectivity index (χ4v) is 4.75. The van der Waals surface area contributed by atoms with Crippen LogP contribution in [0.3, 0.4) is 0 Å². The predicted octanol–water partition coefficient (Wildman–Crippen LogP) is 2.57.